The van der Waals surface area contributed by atoms with Gasteiger partial charge < -0.3 is 26.8 Å². The highest BCUT2D eigenvalue weighted by Gasteiger charge is 2.24. The number of carbonyl (C=O) groups is 1. The lowest BCUT2D eigenvalue weighted by Crippen LogP contribution is -2.43. The first-order valence-corrected chi connectivity index (χ1v) is 8.18. The lowest BCUT2D eigenvalue weighted by atomic mass is 9.70. The van der Waals surface area contributed by atoms with Crippen molar-refractivity contribution in [3.63, 3.8) is 0 Å². The van der Waals surface area contributed by atoms with Crippen molar-refractivity contribution in [2.45, 2.75) is 44.0 Å². The maximum atomic E-state index is 11.9. The van der Waals surface area contributed by atoms with Crippen LogP contribution in [0.5, 0.6) is 0 Å². The van der Waals surface area contributed by atoms with Crippen molar-refractivity contribution in [1.82, 2.24) is 5.32 Å². The van der Waals surface area contributed by atoms with Crippen molar-refractivity contribution in [2.75, 3.05) is 13.1 Å². The van der Waals surface area contributed by atoms with Gasteiger partial charge in [-0.25, -0.2) is 0 Å². The summed E-state index contributed by atoms with van der Waals surface area (Å²) in [6.45, 7) is 0.792. The van der Waals surface area contributed by atoms with E-state index in [-0.39, 0.29) is 12.5 Å². The van der Waals surface area contributed by atoms with Gasteiger partial charge in [0.2, 0.25) is 5.91 Å². The predicted molar refractivity (Wildman–Crippen MR) is 92.6 cm³/mol. The van der Waals surface area contributed by atoms with Crippen molar-refractivity contribution in [3.05, 3.63) is 35.9 Å². The number of hydrogen-bond donors (Lipinski definition) is 5. The summed E-state index contributed by atoms with van der Waals surface area (Å²) in [5.41, 5.74) is 12.3. The quantitative estimate of drug-likeness (QED) is 0.291. The molecule has 0 heterocycles. The summed E-state index contributed by atoms with van der Waals surface area (Å²) >= 11 is 0. The predicted octanol–water partition coefficient (Wildman–Crippen LogP) is 0.0347. The number of nitrogens with one attached hydrogen (secondary N) is 1. The molecule has 1 aromatic carbocycles. The second-order valence-corrected chi connectivity index (χ2v) is 5.83. The summed E-state index contributed by atoms with van der Waals surface area (Å²) in [5.74, 6) is -0.678. The number of unbranched alkanes of at least 4 members (excludes halogenated alkanes) is 1. The molecule has 6 nitrogen and oxygen atoms in total. The molecule has 0 bridgehead atoms. The van der Waals surface area contributed by atoms with Crippen molar-refractivity contribution in [2.24, 2.45) is 11.5 Å². The monoisotopic (exact) mass is 321 g/mol. The van der Waals surface area contributed by atoms with E-state index in [1.165, 1.54) is 0 Å². The zero-order valence-corrected chi connectivity index (χ0v) is 13.5. The average Bonchev–Trinajstić information content (AvgIpc) is 2.55. The molecule has 0 unspecified atom stereocenters. The minimum Gasteiger partial charge on any atom is -0.427 e. The summed E-state index contributed by atoms with van der Waals surface area (Å²) in [7, 11) is -1.47. The van der Waals surface area contributed by atoms with Gasteiger partial charge in [-0.15, -0.1) is 0 Å². The van der Waals surface area contributed by atoms with Gasteiger partial charge in [-0.1, -0.05) is 36.8 Å². The first kappa shape index (κ1) is 19.6. The highest BCUT2D eigenvalue weighted by molar-refractivity contribution is 6.43. The van der Waals surface area contributed by atoms with Crippen molar-refractivity contribution in [3.8, 4) is 0 Å². The molecule has 0 spiro atoms. The van der Waals surface area contributed by atoms with Crippen LogP contribution >= 0.6 is 0 Å². The van der Waals surface area contributed by atoms with Crippen molar-refractivity contribution in [1.29, 1.82) is 0 Å². The molecule has 0 saturated heterocycles. The van der Waals surface area contributed by atoms with E-state index in [4.69, 9.17) is 11.5 Å². The fraction of sp³-hybridized carbons (Fsp3) is 0.562. The van der Waals surface area contributed by atoms with E-state index in [0.29, 0.717) is 19.4 Å². The molecular formula is C16H28BN3O3. The normalized spacial score (nSPS) is 13.4. The Kier molecular flexibility index (Phi) is 9.55. The van der Waals surface area contributed by atoms with Crippen LogP contribution < -0.4 is 16.8 Å². The minimum absolute atomic E-state index is 0.202. The van der Waals surface area contributed by atoms with Gasteiger partial charge in [0.1, 0.15) is 0 Å². The first-order valence-electron chi connectivity index (χ1n) is 8.18. The number of nitrogens with two attached hydrogens (primary N) is 2. The van der Waals surface area contributed by atoms with Gasteiger partial charge in [0, 0.05) is 12.4 Å². The van der Waals surface area contributed by atoms with Gasteiger partial charge in [0.05, 0.1) is 6.04 Å². The van der Waals surface area contributed by atoms with Crippen LogP contribution in [0.25, 0.3) is 0 Å². The van der Waals surface area contributed by atoms with Crippen LogP contribution in [0.4, 0.5) is 0 Å². The van der Waals surface area contributed by atoms with Crippen molar-refractivity contribution < 1.29 is 14.8 Å². The van der Waals surface area contributed by atoms with E-state index >= 15 is 0 Å². The molecule has 23 heavy (non-hydrogen) atoms. The molecule has 1 amide bonds. The zero-order chi connectivity index (χ0) is 17.1. The smallest absolute Gasteiger partial charge is 0.427 e. The second kappa shape index (κ2) is 11.2. The lowest BCUT2D eigenvalue weighted by Gasteiger charge is -2.18. The van der Waals surface area contributed by atoms with E-state index in [9.17, 15) is 14.8 Å². The maximum Gasteiger partial charge on any atom is 0.456 e. The highest BCUT2D eigenvalue weighted by Crippen LogP contribution is 2.16. The largest absolute Gasteiger partial charge is 0.456 e. The zero-order valence-electron chi connectivity index (χ0n) is 13.5. The third-order valence-corrected chi connectivity index (χ3v) is 3.91. The van der Waals surface area contributed by atoms with Crippen LogP contribution in [0.2, 0.25) is 5.82 Å². The Morgan fingerprint density at radius 2 is 1.87 bits per heavy atom. The fourth-order valence-corrected chi connectivity index (χ4v) is 2.36. The van der Waals surface area contributed by atoms with E-state index in [1.807, 2.05) is 30.3 Å². The number of aryl methyl sites for hydroxylation is 1. The number of rotatable bonds is 11. The van der Waals surface area contributed by atoms with Crippen LogP contribution in [0.15, 0.2) is 30.3 Å². The second-order valence-electron chi connectivity index (χ2n) is 5.83. The Morgan fingerprint density at radius 3 is 2.48 bits per heavy atom. The number of carbonyl (C=O) groups excluding carboxylic acids is 1. The Balaban J connectivity index is 2.36. The number of amides is 1. The molecule has 0 aliphatic rings. The van der Waals surface area contributed by atoms with Crippen LogP contribution in [0.1, 0.15) is 31.2 Å². The number of benzene rings is 1. The Morgan fingerprint density at radius 1 is 1.17 bits per heavy atom. The summed E-state index contributed by atoms with van der Waals surface area (Å²) in [6, 6.07) is 9.24. The van der Waals surface area contributed by atoms with E-state index in [1.54, 1.807) is 0 Å². The standard InChI is InChI=1S/C16H28BN3O3/c18-11-5-4-8-15(19)16(21)20-12-14(17(22)23)10-9-13-6-2-1-3-7-13/h1-3,6-7,14-15,22-23H,4-5,8-12,18-19H2,(H,20,21)/t14-,15+/m1/s1. The number of hydrogen-bond acceptors (Lipinski definition) is 5. The Hall–Kier alpha value is -1.41. The Bertz CT molecular complexity index is 445. The SMILES string of the molecule is NCCCC[C@H](N)C(=O)NC[C@@H](CCc1ccccc1)B(O)O. The third kappa shape index (κ3) is 8.13. The van der Waals surface area contributed by atoms with Crippen LogP contribution in [-0.2, 0) is 11.2 Å². The molecule has 0 fully saturated rings. The lowest BCUT2D eigenvalue weighted by molar-refractivity contribution is -0.122. The van der Waals surface area contributed by atoms with Gasteiger partial charge >= 0.3 is 7.12 Å². The van der Waals surface area contributed by atoms with E-state index in [2.05, 4.69) is 5.32 Å². The Labute approximate surface area is 138 Å². The van der Waals surface area contributed by atoms with Gasteiger partial charge in [0.15, 0.2) is 0 Å². The third-order valence-electron chi connectivity index (χ3n) is 3.91. The van der Waals surface area contributed by atoms with Gasteiger partial charge in [-0.05, 0) is 37.8 Å². The minimum atomic E-state index is -1.47. The molecule has 128 valence electrons. The van der Waals surface area contributed by atoms with E-state index in [0.717, 1.165) is 24.8 Å². The van der Waals surface area contributed by atoms with Crippen LogP contribution in [0, 0.1) is 0 Å². The first-order chi connectivity index (χ1) is 11.0. The summed E-state index contributed by atoms with van der Waals surface area (Å²) < 4.78 is 0. The molecule has 7 N–H and O–H groups in total. The highest BCUT2D eigenvalue weighted by atomic mass is 16.4. The van der Waals surface area contributed by atoms with Crippen molar-refractivity contribution >= 4 is 13.0 Å². The maximum absolute atomic E-state index is 11.9. The topological polar surface area (TPSA) is 122 Å². The molecular weight excluding hydrogens is 293 g/mol. The van der Waals surface area contributed by atoms with Crippen LogP contribution in [0.3, 0.4) is 0 Å². The average molecular weight is 321 g/mol. The summed E-state index contributed by atoms with van der Waals surface area (Å²) in [6.07, 6.45) is 3.53. The molecule has 1 rings (SSSR count). The molecule has 0 radical (unpaired) electrons. The molecule has 0 aliphatic carbocycles. The molecule has 2 atom stereocenters. The summed E-state index contributed by atoms with van der Waals surface area (Å²) in [5, 5.41) is 21.7. The fourth-order valence-electron chi connectivity index (χ4n) is 2.36. The van der Waals surface area contributed by atoms with Gasteiger partial charge in [-0.3, -0.25) is 4.79 Å². The molecule has 0 aromatic heterocycles. The molecule has 1 aromatic rings. The van der Waals surface area contributed by atoms with E-state index < -0.39 is 19.0 Å². The van der Waals surface area contributed by atoms with Gasteiger partial charge in [0.25, 0.3) is 0 Å². The van der Waals surface area contributed by atoms with Crippen LogP contribution in [-0.4, -0.2) is 42.2 Å². The van der Waals surface area contributed by atoms with Gasteiger partial charge in [-0.2, -0.15) is 0 Å². The molecule has 0 aliphatic heterocycles. The summed E-state index contributed by atoms with van der Waals surface area (Å²) in [4.78, 5) is 11.9. The molecule has 0 saturated carbocycles. The molecule has 7 heteroatoms.